The monoisotopic (exact) mass is 218 g/mol. The van der Waals surface area contributed by atoms with Crippen LogP contribution in [0.25, 0.3) is 6.08 Å². The fourth-order valence-corrected chi connectivity index (χ4v) is 0.865. The third-order valence-electron chi connectivity index (χ3n) is 1.56. The zero-order chi connectivity index (χ0) is 12.6. The summed E-state index contributed by atoms with van der Waals surface area (Å²) in [5.41, 5.74) is 0.405. The lowest BCUT2D eigenvalue weighted by Crippen LogP contribution is -2.08. The van der Waals surface area contributed by atoms with E-state index in [1.165, 1.54) is 12.1 Å². The van der Waals surface area contributed by atoms with E-state index in [1.54, 1.807) is 18.2 Å². The first-order valence-corrected chi connectivity index (χ1v) is 4.18. The Kier molecular flexibility index (Phi) is 5.76. The van der Waals surface area contributed by atoms with Crippen LogP contribution in [0.2, 0.25) is 0 Å². The Morgan fingerprint density at radius 3 is 2.25 bits per heavy atom. The third kappa shape index (κ3) is 4.11. The molecule has 0 aromatic heterocycles. The maximum absolute atomic E-state index is 10.7. The van der Waals surface area contributed by atoms with Crippen LogP contribution in [0.3, 0.4) is 0 Å². The summed E-state index contributed by atoms with van der Waals surface area (Å²) in [4.78, 5) is 20.8. The number of benzene rings is 1. The molecule has 4 heteroatoms. The second-order valence-electron chi connectivity index (χ2n) is 2.56. The molecule has 1 aromatic rings. The molecule has 0 heterocycles. The highest BCUT2D eigenvalue weighted by Crippen LogP contribution is 2.16. The predicted molar refractivity (Wildman–Crippen MR) is 59.7 cm³/mol. The van der Waals surface area contributed by atoms with Crippen LogP contribution in [0.15, 0.2) is 30.3 Å². The predicted octanol–water partition coefficient (Wildman–Crippen LogP) is 1.31. The highest BCUT2D eigenvalue weighted by molar-refractivity contribution is 6.38. The number of para-hydroxylation sites is 1. The Morgan fingerprint density at radius 2 is 1.75 bits per heavy atom. The summed E-state index contributed by atoms with van der Waals surface area (Å²) in [5, 5.41) is 17.5. The highest BCUT2D eigenvalue weighted by Gasteiger charge is 2.05. The summed E-state index contributed by atoms with van der Waals surface area (Å²) in [6, 6.07) is 6.32. The van der Waals surface area contributed by atoms with Crippen molar-refractivity contribution in [1.82, 2.24) is 0 Å². The van der Waals surface area contributed by atoms with Crippen LogP contribution in [0.5, 0.6) is 5.75 Å². The van der Waals surface area contributed by atoms with Crippen LogP contribution in [-0.2, 0) is 9.59 Å². The quantitative estimate of drug-likeness (QED) is 0.455. The molecule has 0 fully saturated rings. The van der Waals surface area contributed by atoms with E-state index >= 15 is 0 Å². The Bertz CT molecular complexity index is 430. The molecule has 0 spiro atoms. The van der Waals surface area contributed by atoms with Crippen molar-refractivity contribution in [1.29, 1.82) is 0 Å². The molecule has 0 saturated carbocycles. The van der Waals surface area contributed by atoms with Gasteiger partial charge in [-0.2, -0.15) is 0 Å². The summed E-state index contributed by atoms with van der Waals surface area (Å²) < 4.78 is 0. The van der Waals surface area contributed by atoms with E-state index in [0.29, 0.717) is 5.56 Å². The maximum Gasteiger partial charge on any atom is 0.376 e. The van der Waals surface area contributed by atoms with E-state index in [2.05, 4.69) is 12.8 Å². The SMILES string of the molecule is C#C.O=C(O)C(=O)/C=C/c1ccccc1O. The molecule has 0 unspecified atom stereocenters. The van der Waals surface area contributed by atoms with Crippen molar-refractivity contribution in [2.45, 2.75) is 0 Å². The smallest absolute Gasteiger partial charge is 0.376 e. The number of terminal acetylenes is 1. The molecule has 0 aliphatic carbocycles. The molecule has 1 rings (SSSR count). The molecule has 4 nitrogen and oxygen atoms in total. The van der Waals surface area contributed by atoms with Crippen LogP contribution < -0.4 is 0 Å². The average Bonchev–Trinajstić information content (AvgIpc) is 2.30. The van der Waals surface area contributed by atoms with Gasteiger partial charge in [-0.15, -0.1) is 12.8 Å². The zero-order valence-electron chi connectivity index (χ0n) is 8.33. The summed E-state index contributed by atoms with van der Waals surface area (Å²) in [6.45, 7) is 0. The summed E-state index contributed by atoms with van der Waals surface area (Å²) in [5.74, 6) is -2.54. The van der Waals surface area contributed by atoms with Gasteiger partial charge in [0.15, 0.2) is 0 Å². The van der Waals surface area contributed by atoms with Gasteiger partial charge in [-0.05, 0) is 18.2 Å². The first kappa shape index (κ1) is 13.5. The third-order valence-corrected chi connectivity index (χ3v) is 1.56. The number of carboxylic acid groups (broad SMARTS) is 1. The molecular formula is C12H10O4. The molecule has 0 amide bonds. The van der Waals surface area contributed by atoms with E-state index in [4.69, 9.17) is 5.11 Å². The molecule has 0 radical (unpaired) electrons. The second kappa shape index (κ2) is 6.85. The van der Waals surface area contributed by atoms with Gasteiger partial charge < -0.3 is 10.2 Å². The van der Waals surface area contributed by atoms with Crippen molar-refractivity contribution in [2.24, 2.45) is 0 Å². The lowest BCUT2D eigenvalue weighted by atomic mass is 10.2. The summed E-state index contributed by atoms with van der Waals surface area (Å²) in [7, 11) is 0. The first-order chi connectivity index (χ1) is 7.61. The van der Waals surface area contributed by atoms with Crippen LogP contribution in [-0.4, -0.2) is 22.0 Å². The van der Waals surface area contributed by atoms with E-state index in [1.807, 2.05) is 0 Å². The van der Waals surface area contributed by atoms with Crippen molar-refractivity contribution < 1.29 is 19.8 Å². The van der Waals surface area contributed by atoms with Crippen LogP contribution >= 0.6 is 0 Å². The topological polar surface area (TPSA) is 74.6 Å². The number of aliphatic carboxylic acids is 1. The molecule has 16 heavy (non-hydrogen) atoms. The molecule has 0 saturated heterocycles. The molecule has 2 N–H and O–H groups in total. The molecule has 82 valence electrons. The van der Waals surface area contributed by atoms with Gasteiger partial charge in [-0.3, -0.25) is 4.79 Å². The Morgan fingerprint density at radius 1 is 1.19 bits per heavy atom. The molecular weight excluding hydrogens is 208 g/mol. The van der Waals surface area contributed by atoms with Crippen molar-refractivity contribution in [2.75, 3.05) is 0 Å². The number of aromatic hydroxyl groups is 1. The minimum absolute atomic E-state index is 0.00180. The Labute approximate surface area is 92.8 Å². The van der Waals surface area contributed by atoms with Gasteiger partial charge in [0.1, 0.15) is 5.75 Å². The van der Waals surface area contributed by atoms with E-state index < -0.39 is 11.8 Å². The van der Waals surface area contributed by atoms with Crippen LogP contribution in [0, 0.1) is 12.8 Å². The standard InChI is InChI=1S/C10H8O4.C2H2/c11-8-4-2-1-3-7(8)5-6-9(12)10(13)14;1-2/h1-6,11H,(H,13,14);1-2H/b6-5+;. The number of carboxylic acids is 1. The molecule has 0 aliphatic rings. The molecule has 0 bridgehead atoms. The number of rotatable bonds is 3. The van der Waals surface area contributed by atoms with Crippen molar-refractivity contribution in [3.05, 3.63) is 35.9 Å². The van der Waals surface area contributed by atoms with Crippen molar-refractivity contribution in [3.8, 4) is 18.6 Å². The molecule has 0 aliphatic heterocycles. The zero-order valence-corrected chi connectivity index (χ0v) is 8.33. The van der Waals surface area contributed by atoms with Gasteiger partial charge in [0.25, 0.3) is 5.78 Å². The van der Waals surface area contributed by atoms with Gasteiger partial charge in [0.2, 0.25) is 0 Å². The van der Waals surface area contributed by atoms with E-state index in [9.17, 15) is 14.7 Å². The summed E-state index contributed by atoms with van der Waals surface area (Å²) >= 11 is 0. The van der Waals surface area contributed by atoms with E-state index in [-0.39, 0.29) is 5.75 Å². The number of carbonyl (C=O) groups excluding carboxylic acids is 1. The normalized spacial score (nSPS) is 9.12. The number of ketones is 1. The first-order valence-electron chi connectivity index (χ1n) is 4.18. The molecule has 1 aromatic carbocycles. The Hall–Kier alpha value is -2.54. The minimum atomic E-state index is -1.52. The lowest BCUT2D eigenvalue weighted by Gasteiger charge is -1.95. The highest BCUT2D eigenvalue weighted by atomic mass is 16.4. The van der Waals surface area contributed by atoms with Gasteiger partial charge in [-0.1, -0.05) is 18.2 Å². The minimum Gasteiger partial charge on any atom is -0.507 e. The maximum atomic E-state index is 10.7. The number of carbonyl (C=O) groups is 2. The number of hydrogen-bond donors (Lipinski definition) is 2. The number of phenols is 1. The van der Waals surface area contributed by atoms with Crippen LogP contribution in [0.1, 0.15) is 5.56 Å². The van der Waals surface area contributed by atoms with Crippen LogP contribution in [0.4, 0.5) is 0 Å². The van der Waals surface area contributed by atoms with E-state index in [0.717, 1.165) is 6.08 Å². The fourth-order valence-electron chi connectivity index (χ4n) is 0.865. The largest absolute Gasteiger partial charge is 0.507 e. The van der Waals surface area contributed by atoms with Crippen molar-refractivity contribution in [3.63, 3.8) is 0 Å². The fraction of sp³-hybridized carbons (Fsp3) is 0. The number of phenolic OH excluding ortho intramolecular Hbond substituents is 1. The number of hydrogen-bond acceptors (Lipinski definition) is 3. The van der Waals surface area contributed by atoms with Gasteiger partial charge in [0.05, 0.1) is 0 Å². The van der Waals surface area contributed by atoms with Gasteiger partial charge >= 0.3 is 5.97 Å². The Balaban J connectivity index is 0.00000106. The second-order valence-corrected chi connectivity index (χ2v) is 2.56. The van der Waals surface area contributed by atoms with Gasteiger partial charge in [0, 0.05) is 5.56 Å². The van der Waals surface area contributed by atoms with Crippen molar-refractivity contribution >= 4 is 17.8 Å². The average molecular weight is 218 g/mol. The summed E-state index contributed by atoms with van der Waals surface area (Å²) in [6.07, 6.45) is 10.2. The molecule has 0 atom stereocenters. The lowest BCUT2D eigenvalue weighted by molar-refractivity contribution is -0.146. The van der Waals surface area contributed by atoms with Gasteiger partial charge in [-0.25, -0.2) is 4.79 Å².